The molecule has 0 fully saturated rings. The maximum Gasteiger partial charge on any atom is 0.321 e. The summed E-state index contributed by atoms with van der Waals surface area (Å²) in [5.41, 5.74) is 0.341. The maximum atomic E-state index is 12.0. The first kappa shape index (κ1) is 18.1. The van der Waals surface area contributed by atoms with Crippen molar-refractivity contribution in [1.82, 2.24) is 4.72 Å². The highest BCUT2D eigenvalue weighted by Crippen LogP contribution is 2.14. The summed E-state index contributed by atoms with van der Waals surface area (Å²) in [6.07, 6.45) is 3.11. The largest absolute Gasteiger partial charge is 0.480 e. The summed E-state index contributed by atoms with van der Waals surface area (Å²) in [6.45, 7) is 1.23. The highest BCUT2D eigenvalue weighted by Gasteiger charge is 2.21. The first-order valence-corrected chi connectivity index (χ1v) is 9.27. The second-order valence-electron chi connectivity index (χ2n) is 4.92. The van der Waals surface area contributed by atoms with Crippen LogP contribution in [0.3, 0.4) is 0 Å². The molecule has 24 heavy (non-hydrogen) atoms. The van der Waals surface area contributed by atoms with Gasteiger partial charge in [-0.25, -0.2) is 8.42 Å². The van der Waals surface area contributed by atoms with Crippen molar-refractivity contribution in [3.05, 3.63) is 58.3 Å². The van der Waals surface area contributed by atoms with Gasteiger partial charge in [-0.3, -0.25) is 9.59 Å². The van der Waals surface area contributed by atoms with Crippen LogP contribution in [0.1, 0.15) is 22.2 Å². The Balaban J connectivity index is 2.12. The Hall–Kier alpha value is -2.29. The highest BCUT2D eigenvalue weighted by atomic mass is 32.2. The number of carboxylic acid groups (broad SMARTS) is 1. The smallest absolute Gasteiger partial charge is 0.321 e. The topological polar surface area (TPSA) is 101 Å². The van der Waals surface area contributed by atoms with Crippen LogP contribution in [0.5, 0.6) is 0 Å². The average molecular weight is 365 g/mol. The van der Waals surface area contributed by atoms with Crippen LogP contribution in [-0.4, -0.2) is 31.3 Å². The zero-order valence-electron chi connectivity index (χ0n) is 12.7. The lowest BCUT2D eigenvalue weighted by Gasteiger charge is -2.10. The molecule has 0 amide bonds. The van der Waals surface area contributed by atoms with Crippen LogP contribution in [0.2, 0.25) is 0 Å². The molecular weight excluding hydrogens is 350 g/mol. The van der Waals surface area contributed by atoms with Crippen LogP contribution in [0.15, 0.2) is 52.7 Å². The van der Waals surface area contributed by atoms with Crippen molar-refractivity contribution in [3.63, 3.8) is 0 Å². The molecule has 1 aromatic heterocycles. The highest BCUT2D eigenvalue weighted by molar-refractivity contribution is 7.89. The molecule has 2 N–H and O–H groups in total. The Morgan fingerprint density at radius 2 is 1.88 bits per heavy atom. The molecule has 1 heterocycles. The minimum absolute atomic E-state index is 0.102. The van der Waals surface area contributed by atoms with Crippen LogP contribution in [0, 0.1) is 0 Å². The number of benzene rings is 1. The van der Waals surface area contributed by atoms with Gasteiger partial charge in [-0.05, 0) is 54.8 Å². The molecule has 6 nitrogen and oxygen atoms in total. The standard InChI is InChI=1S/C16H15NO5S2/c1-11(16(19)20)17-24(21,22)14-7-4-12(5-8-14)15(18)9-6-13-3-2-10-23-13/h2-11,17H,1H3,(H,19,20)/b9-6+/t11-/m0/s1. The van der Waals surface area contributed by atoms with Crippen molar-refractivity contribution >= 4 is 39.2 Å². The molecule has 2 rings (SSSR count). The summed E-state index contributed by atoms with van der Waals surface area (Å²) < 4.78 is 26.1. The molecular formula is C16H15NO5S2. The number of hydrogen-bond donors (Lipinski definition) is 2. The predicted octanol–water partition coefficient (Wildman–Crippen LogP) is 2.40. The van der Waals surface area contributed by atoms with Gasteiger partial charge in [0.1, 0.15) is 6.04 Å². The Kier molecular flexibility index (Phi) is 5.66. The number of hydrogen-bond acceptors (Lipinski definition) is 5. The van der Waals surface area contributed by atoms with E-state index < -0.39 is 22.0 Å². The van der Waals surface area contributed by atoms with E-state index in [0.29, 0.717) is 5.56 Å². The third-order valence-corrected chi connectivity index (χ3v) is 5.49. The van der Waals surface area contributed by atoms with Gasteiger partial charge < -0.3 is 5.11 Å². The molecule has 0 aliphatic rings. The van der Waals surface area contributed by atoms with Crippen LogP contribution < -0.4 is 4.72 Å². The zero-order valence-corrected chi connectivity index (χ0v) is 14.3. The Morgan fingerprint density at radius 3 is 2.42 bits per heavy atom. The number of carboxylic acids is 1. The van der Waals surface area contributed by atoms with E-state index in [-0.39, 0.29) is 10.7 Å². The molecule has 0 unspecified atom stereocenters. The lowest BCUT2D eigenvalue weighted by molar-refractivity contribution is -0.138. The quantitative estimate of drug-likeness (QED) is 0.580. The first-order valence-electron chi connectivity index (χ1n) is 6.91. The number of rotatable bonds is 7. The molecule has 1 atom stereocenters. The SMILES string of the molecule is C[C@H](NS(=O)(=O)c1ccc(C(=O)/C=C/c2cccs2)cc1)C(=O)O. The summed E-state index contributed by atoms with van der Waals surface area (Å²) in [7, 11) is -3.95. The fraction of sp³-hybridized carbons (Fsp3) is 0.125. The van der Waals surface area contributed by atoms with Crippen molar-refractivity contribution in [2.75, 3.05) is 0 Å². The zero-order chi connectivity index (χ0) is 17.7. The van der Waals surface area contributed by atoms with Gasteiger partial charge in [0, 0.05) is 10.4 Å². The van der Waals surface area contributed by atoms with Crippen LogP contribution in [0.25, 0.3) is 6.08 Å². The maximum absolute atomic E-state index is 12.0. The van der Waals surface area contributed by atoms with Crippen LogP contribution in [-0.2, 0) is 14.8 Å². The van der Waals surface area contributed by atoms with Gasteiger partial charge in [0.25, 0.3) is 0 Å². The van der Waals surface area contributed by atoms with E-state index in [9.17, 15) is 18.0 Å². The van der Waals surface area contributed by atoms with E-state index in [0.717, 1.165) is 4.88 Å². The Bertz CT molecular complexity index is 852. The molecule has 1 aromatic carbocycles. The summed E-state index contributed by atoms with van der Waals surface area (Å²) in [6, 6.07) is 7.82. The van der Waals surface area contributed by atoms with E-state index in [4.69, 9.17) is 5.11 Å². The minimum Gasteiger partial charge on any atom is -0.480 e. The third kappa shape index (κ3) is 4.60. The first-order chi connectivity index (χ1) is 11.3. The molecule has 126 valence electrons. The monoisotopic (exact) mass is 365 g/mol. The van der Waals surface area contributed by atoms with E-state index in [1.807, 2.05) is 22.2 Å². The van der Waals surface area contributed by atoms with Crippen LogP contribution in [0.4, 0.5) is 0 Å². The number of sulfonamides is 1. The van der Waals surface area contributed by atoms with Gasteiger partial charge in [-0.15, -0.1) is 11.3 Å². The Labute approximate surface area is 143 Å². The molecule has 0 radical (unpaired) electrons. The number of carbonyl (C=O) groups excluding carboxylic acids is 1. The number of aliphatic carboxylic acids is 1. The Morgan fingerprint density at radius 1 is 1.21 bits per heavy atom. The van der Waals surface area contributed by atoms with Gasteiger partial charge in [-0.2, -0.15) is 4.72 Å². The summed E-state index contributed by atoms with van der Waals surface area (Å²) in [5.74, 6) is -1.52. The number of thiophene rings is 1. The van der Waals surface area contributed by atoms with Crippen LogP contribution >= 0.6 is 11.3 Å². The lowest BCUT2D eigenvalue weighted by Crippen LogP contribution is -2.38. The van der Waals surface area contributed by atoms with Gasteiger partial charge in [0.2, 0.25) is 10.0 Å². The fourth-order valence-electron chi connectivity index (χ4n) is 1.79. The third-order valence-electron chi connectivity index (χ3n) is 3.09. The average Bonchev–Trinajstić information content (AvgIpc) is 3.05. The number of nitrogens with one attached hydrogen (secondary N) is 1. The fourth-order valence-corrected chi connectivity index (χ4v) is 3.60. The molecule has 0 bridgehead atoms. The van der Waals surface area contributed by atoms with E-state index in [1.165, 1.54) is 48.6 Å². The molecule has 0 saturated carbocycles. The van der Waals surface area contributed by atoms with Crippen molar-refractivity contribution in [2.24, 2.45) is 0 Å². The predicted molar refractivity (Wildman–Crippen MR) is 91.5 cm³/mol. The molecule has 0 aliphatic heterocycles. The van der Waals surface area contributed by atoms with Crippen molar-refractivity contribution in [3.8, 4) is 0 Å². The van der Waals surface area contributed by atoms with E-state index >= 15 is 0 Å². The second kappa shape index (κ2) is 7.52. The summed E-state index contributed by atoms with van der Waals surface area (Å²) >= 11 is 1.50. The van der Waals surface area contributed by atoms with Crippen molar-refractivity contribution in [2.45, 2.75) is 17.9 Å². The second-order valence-corrected chi connectivity index (χ2v) is 7.61. The molecule has 0 saturated heterocycles. The number of carbonyl (C=O) groups is 2. The van der Waals surface area contributed by atoms with Gasteiger partial charge in [0.15, 0.2) is 5.78 Å². The molecule has 8 heteroatoms. The number of allylic oxidation sites excluding steroid dienone is 1. The molecule has 0 spiro atoms. The molecule has 0 aliphatic carbocycles. The van der Waals surface area contributed by atoms with Gasteiger partial charge in [0.05, 0.1) is 4.90 Å². The normalized spacial score (nSPS) is 13.0. The lowest BCUT2D eigenvalue weighted by atomic mass is 10.1. The van der Waals surface area contributed by atoms with Crippen molar-refractivity contribution < 1.29 is 23.1 Å². The van der Waals surface area contributed by atoms with E-state index in [2.05, 4.69) is 0 Å². The van der Waals surface area contributed by atoms with Crippen molar-refractivity contribution in [1.29, 1.82) is 0 Å². The summed E-state index contributed by atoms with van der Waals surface area (Å²) in [5, 5.41) is 10.7. The minimum atomic E-state index is -3.95. The molecule has 2 aromatic rings. The van der Waals surface area contributed by atoms with Gasteiger partial charge >= 0.3 is 5.97 Å². The number of ketones is 1. The van der Waals surface area contributed by atoms with Gasteiger partial charge in [-0.1, -0.05) is 6.07 Å². The summed E-state index contributed by atoms with van der Waals surface area (Å²) in [4.78, 5) is 23.6. The van der Waals surface area contributed by atoms with E-state index in [1.54, 1.807) is 6.08 Å².